The van der Waals surface area contributed by atoms with Crippen LogP contribution in [0.15, 0.2) is 60.9 Å². The Bertz CT molecular complexity index is 928. The minimum atomic E-state index is -0.530. The van der Waals surface area contributed by atoms with Crippen molar-refractivity contribution < 1.29 is 9.72 Å². The van der Waals surface area contributed by atoms with Crippen LogP contribution < -0.4 is 10.6 Å². The van der Waals surface area contributed by atoms with Gasteiger partial charge in [-0.15, -0.1) is 0 Å². The highest BCUT2D eigenvalue weighted by molar-refractivity contribution is 6.02. The highest BCUT2D eigenvalue weighted by Gasteiger charge is 2.18. The molecule has 0 saturated carbocycles. The predicted molar refractivity (Wildman–Crippen MR) is 96.6 cm³/mol. The summed E-state index contributed by atoms with van der Waals surface area (Å²) in [5.74, 6) is -0.202. The molecule has 126 valence electrons. The Balaban J connectivity index is 1.84. The molecule has 25 heavy (non-hydrogen) atoms. The van der Waals surface area contributed by atoms with Crippen LogP contribution in [0, 0.1) is 10.1 Å². The Morgan fingerprint density at radius 3 is 2.60 bits per heavy atom. The molecule has 0 spiro atoms. The quantitative estimate of drug-likeness (QED) is 0.548. The van der Waals surface area contributed by atoms with E-state index in [1.807, 2.05) is 18.2 Å². The molecule has 1 heterocycles. The number of benzene rings is 2. The second-order valence-corrected chi connectivity index (χ2v) is 5.53. The average molecular weight is 336 g/mol. The maximum absolute atomic E-state index is 12.3. The molecule has 1 atom stereocenters. The third-order valence-electron chi connectivity index (χ3n) is 3.80. The molecule has 0 radical (unpaired) electrons. The number of carbonyl (C=O) groups excluding carboxylic acids is 1. The Hall–Kier alpha value is -3.48. The summed E-state index contributed by atoms with van der Waals surface area (Å²) in [6.07, 6.45) is 3.01. The van der Waals surface area contributed by atoms with Gasteiger partial charge in [0.25, 0.3) is 5.69 Å². The summed E-state index contributed by atoms with van der Waals surface area (Å²) in [6.45, 7) is 1.73. The molecular formula is C18H16N4O3. The number of carbonyl (C=O) groups is 1. The number of nitrogens with one attached hydrogen (secondary N) is 2. The highest BCUT2D eigenvalue weighted by atomic mass is 16.6. The predicted octanol–water partition coefficient (Wildman–Crippen LogP) is 3.58. The first-order valence-electron chi connectivity index (χ1n) is 7.70. The fourth-order valence-corrected chi connectivity index (χ4v) is 2.53. The zero-order valence-electron chi connectivity index (χ0n) is 13.5. The first kappa shape index (κ1) is 16.4. The highest BCUT2D eigenvalue weighted by Crippen LogP contribution is 2.31. The molecule has 1 amide bonds. The summed E-state index contributed by atoms with van der Waals surface area (Å²) in [5, 5.41) is 18.1. The summed E-state index contributed by atoms with van der Waals surface area (Å²) in [7, 11) is 0. The molecule has 0 saturated heterocycles. The van der Waals surface area contributed by atoms with E-state index in [9.17, 15) is 14.9 Å². The number of amides is 1. The van der Waals surface area contributed by atoms with Gasteiger partial charge in [0.2, 0.25) is 5.91 Å². The monoisotopic (exact) mass is 336 g/mol. The summed E-state index contributed by atoms with van der Waals surface area (Å²) < 4.78 is 0. The molecule has 0 bridgehead atoms. The van der Waals surface area contributed by atoms with Crippen LogP contribution in [0.3, 0.4) is 0 Å². The van der Waals surface area contributed by atoms with Crippen molar-refractivity contribution in [3.05, 3.63) is 71.0 Å². The molecule has 0 aliphatic carbocycles. The number of fused-ring (bicyclic) bond motifs is 1. The van der Waals surface area contributed by atoms with Crippen LogP contribution in [-0.2, 0) is 4.79 Å². The number of para-hydroxylation sites is 1. The minimum absolute atomic E-state index is 0.0185. The summed E-state index contributed by atoms with van der Waals surface area (Å²) in [5.41, 5.74) is 1.33. The van der Waals surface area contributed by atoms with E-state index in [2.05, 4.69) is 15.6 Å². The van der Waals surface area contributed by atoms with Crippen LogP contribution in [-0.4, -0.2) is 21.9 Å². The Kier molecular flexibility index (Phi) is 4.56. The van der Waals surface area contributed by atoms with Gasteiger partial charge in [-0.3, -0.25) is 19.9 Å². The Morgan fingerprint density at radius 2 is 1.88 bits per heavy atom. The van der Waals surface area contributed by atoms with Crippen LogP contribution in [0.2, 0.25) is 0 Å². The van der Waals surface area contributed by atoms with E-state index in [0.717, 1.165) is 0 Å². The number of nitrogens with zero attached hydrogens (tertiary/aromatic N) is 2. The topological polar surface area (TPSA) is 97.2 Å². The summed E-state index contributed by atoms with van der Waals surface area (Å²) in [6, 6.07) is 13.3. The number of hydrogen-bond donors (Lipinski definition) is 2. The molecule has 3 aromatic rings. The van der Waals surface area contributed by atoms with Crippen molar-refractivity contribution in [3.8, 4) is 0 Å². The SMILES string of the molecule is CC(Nc1ccc([N+](=O)[O-])c2cnccc12)C(=O)Nc1ccccc1. The normalized spacial score (nSPS) is 11.7. The molecule has 1 unspecified atom stereocenters. The number of hydrogen-bond acceptors (Lipinski definition) is 5. The molecule has 2 N–H and O–H groups in total. The number of nitro groups is 1. The minimum Gasteiger partial charge on any atom is -0.373 e. The third kappa shape index (κ3) is 3.55. The number of non-ortho nitro benzene ring substituents is 1. The van der Waals surface area contributed by atoms with Crippen LogP contribution >= 0.6 is 0 Å². The molecule has 7 nitrogen and oxygen atoms in total. The van der Waals surface area contributed by atoms with Gasteiger partial charge in [0.1, 0.15) is 6.04 Å². The van der Waals surface area contributed by atoms with Crippen molar-refractivity contribution in [2.45, 2.75) is 13.0 Å². The molecule has 3 rings (SSSR count). The van der Waals surface area contributed by atoms with E-state index < -0.39 is 11.0 Å². The first-order valence-corrected chi connectivity index (χ1v) is 7.70. The van der Waals surface area contributed by atoms with Crippen LogP contribution in [0.1, 0.15) is 6.92 Å². The number of rotatable bonds is 5. The summed E-state index contributed by atoms with van der Waals surface area (Å²) >= 11 is 0. The molecule has 2 aromatic carbocycles. The lowest BCUT2D eigenvalue weighted by atomic mass is 10.1. The number of anilines is 2. The molecular weight excluding hydrogens is 320 g/mol. The van der Waals surface area contributed by atoms with Gasteiger partial charge in [0, 0.05) is 35.2 Å². The summed E-state index contributed by atoms with van der Waals surface area (Å²) in [4.78, 5) is 27.0. The zero-order valence-corrected chi connectivity index (χ0v) is 13.5. The standard InChI is InChI=1S/C18H16N4O3/c1-12(18(23)21-13-5-3-2-4-6-13)20-16-7-8-17(22(24)25)15-11-19-10-9-14(15)16/h2-12,20H,1H3,(H,21,23). The molecule has 0 aliphatic rings. The fourth-order valence-electron chi connectivity index (χ4n) is 2.53. The van der Waals surface area contributed by atoms with Crippen molar-refractivity contribution in [1.29, 1.82) is 0 Å². The van der Waals surface area contributed by atoms with Crippen LogP contribution in [0.4, 0.5) is 17.1 Å². The van der Waals surface area contributed by atoms with Crippen LogP contribution in [0.5, 0.6) is 0 Å². The van der Waals surface area contributed by atoms with E-state index >= 15 is 0 Å². The average Bonchev–Trinajstić information content (AvgIpc) is 2.62. The fraction of sp³-hybridized carbons (Fsp3) is 0.111. The van der Waals surface area contributed by atoms with Gasteiger partial charge in [0.15, 0.2) is 0 Å². The molecule has 0 aliphatic heterocycles. The molecule has 1 aromatic heterocycles. The third-order valence-corrected chi connectivity index (χ3v) is 3.80. The van der Waals surface area contributed by atoms with Gasteiger partial charge < -0.3 is 10.6 Å². The number of aromatic nitrogens is 1. The van der Waals surface area contributed by atoms with E-state index in [0.29, 0.717) is 22.1 Å². The van der Waals surface area contributed by atoms with Crippen molar-refractivity contribution in [1.82, 2.24) is 4.98 Å². The van der Waals surface area contributed by atoms with Gasteiger partial charge >= 0.3 is 0 Å². The maximum Gasteiger partial charge on any atom is 0.278 e. The van der Waals surface area contributed by atoms with Crippen molar-refractivity contribution in [2.24, 2.45) is 0 Å². The zero-order chi connectivity index (χ0) is 17.8. The van der Waals surface area contributed by atoms with Crippen LogP contribution in [0.25, 0.3) is 10.8 Å². The van der Waals surface area contributed by atoms with Crippen molar-refractivity contribution >= 4 is 33.7 Å². The maximum atomic E-state index is 12.3. The van der Waals surface area contributed by atoms with E-state index in [1.165, 1.54) is 12.3 Å². The van der Waals surface area contributed by atoms with Crippen molar-refractivity contribution in [2.75, 3.05) is 10.6 Å². The smallest absolute Gasteiger partial charge is 0.278 e. The first-order chi connectivity index (χ1) is 12.1. The number of pyridine rings is 1. The number of nitro benzene ring substituents is 1. The largest absolute Gasteiger partial charge is 0.373 e. The molecule has 7 heteroatoms. The Morgan fingerprint density at radius 1 is 1.12 bits per heavy atom. The van der Waals surface area contributed by atoms with Gasteiger partial charge in [-0.2, -0.15) is 0 Å². The lowest BCUT2D eigenvalue weighted by Gasteiger charge is -2.17. The van der Waals surface area contributed by atoms with E-state index in [1.54, 1.807) is 37.4 Å². The van der Waals surface area contributed by atoms with Crippen molar-refractivity contribution in [3.63, 3.8) is 0 Å². The Labute approximate surface area is 143 Å². The van der Waals surface area contributed by atoms with Gasteiger partial charge in [-0.05, 0) is 31.2 Å². The van der Waals surface area contributed by atoms with Gasteiger partial charge in [-0.25, -0.2) is 0 Å². The lowest BCUT2D eigenvalue weighted by molar-refractivity contribution is -0.383. The molecule has 0 fully saturated rings. The van der Waals surface area contributed by atoms with E-state index in [4.69, 9.17) is 0 Å². The van der Waals surface area contributed by atoms with E-state index in [-0.39, 0.29) is 11.6 Å². The van der Waals surface area contributed by atoms with Gasteiger partial charge in [-0.1, -0.05) is 18.2 Å². The van der Waals surface area contributed by atoms with Gasteiger partial charge in [0.05, 0.1) is 10.3 Å². The second-order valence-electron chi connectivity index (χ2n) is 5.53. The second kappa shape index (κ2) is 6.96. The lowest BCUT2D eigenvalue weighted by Crippen LogP contribution is -2.31.